The summed E-state index contributed by atoms with van der Waals surface area (Å²) in [5.41, 5.74) is 5.45. The molecule has 1 amide bonds. The first kappa shape index (κ1) is 13.9. The van der Waals surface area contributed by atoms with E-state index in [1.807, 2.05) is 0 Å². The summed E-state index contributed by atoms with van der Waals surface area (Å²) in [6.45, 7) is 2.72. The standard InChI is InChI=1S/C10H20N2O3/c1-3-4-5-6-12(2)10(15)8(11)7-9(13)14/h8H,3-7,11H2,1-2H3,(H,13,14). The molecule has 0 aliphatic rings. The Hall–Kier alpha value is -1.10. The number of aliphatic carboxylic acids is 1. The van der Waals surface area contributed by atoms with Gasteiger partial charge in [-0.15, -0.1) is 0 Å². The number of likely N-dealkylation sites (N-methyl/N-ethyl adjacent to an activating group) is 1. The lowest BCUT2D eigenvalue weighted by Gasteiger charge is -2.20. The highest BCUT2D eigenvalue weighted by Gasteiger charge is 2.20. The van der Waals surface area contributed by atoms with E-state index < -0.39 is 12.0 Å². The van der Waals surface area contributed by atoms with Gasteiger partial charge >= 0.3 is 5.97 Å². The highest BCUT2D eigenvalue weighted by atomic mass is 16.4. The van der Waals surface area contributed by atoms with Crippen molar-refractivity contribution in [2.24, 2.45) is 5.73 Å². The van der Waals surface area contributed by atoms with Crippen molar-refractivity contribution in [3.8, 4) is 0 Å². The van der Waals surface area contributed by atoms with Gasteiger partial charge in [0.1, 0.15) is 0 Å². The fraction of sp³-hybridized carbons (Fsp3) is 0.800. The van der Waals surface area contributed by atoms with Gasteiger partial charge in [0.2, 0.25) is 5.91 Å². The molecule has 0 rings (SSSR count). The Bertz CT molecular complexity index is 219. The minimum atomic E-state index is -1.04. The summed E-state index contributed by atoms with van der Waals surface area (Å²) in [6.07, 6.45) is 2.77. The van der Waals surface area contributed by atoms with Gasteiger partial charge in [-0.05, 0) is 6.42 Å². The molecular weight excluding hydrogens is 196 g/mol. The number of carboxylic acids is 1. The highest BCUT2D eigenvalue weighted by molar-refractivity contribution is 5.85. The third-order valence-corrected chi connectivity index (χ3v) is 2.19. The summed E-state index contributed by atoms with van der Waals surface area (Å²) >= 11 is 0. The van der Waals surface area contributed by atoms with Crippen LogP contribution in [0.1, 0.15) is 32.6 Å². The third-order valence-electron chi connectivity index (χ3n) is 2.19. The van der Waals surface area contributed by atoms with Crippen LogP contribution in [0.3, 0.4) is 0 Å². The molecule has 0 spiro atoms. The largest absolute Gasteiger partial charge is 0.481 e. The summed E-state index contributed by atoms with van der Waals surface area (Å²) in [7, 11) is 1.65. The van der Waals surface area contributed by atoms with Crippen LogP contribution in [0.5, 0.6) is 0 Å². The number of rotatable bonds is 7. The average molecular weight is 216 g/mol. The molecule has 0 aliphatic heterocycles. The molecule has 0 bridgehead atoms. The van der Waals surface area contributed by atoms with Gasteiger partial charge in [-0.2, -0.15) is 0 Å². The molecule has 0 aromatic heterocycles. The van der Waals surface area contributed by atoms with Gasteiger partial charge in [-0.3, -0.25) is 9.59 Å². The van der Waals surface area contributed by atoms with E-state index in [9.17, 15) is 9.59 Å². The Kier molecular flexibility index (Phi) is 6.70. The van der Waals surface area contributed by atoms with E-state index in [1.165, 1.54) is 4.90 Å². The Labute approximate surface area is 90.2 Å². The topological polar surface area (TPSA) is 83.6 Å². The van der Waals surface area contributed by atoms with E-state index in [2.05, 4.69) is 6.92 Å². The second kappa shape index (κ2) is 7.23. The highest BCUT2D eigenvalue weighted by Crippen LogP contribution is 2.00. The van der Waals surface area contributed by atoms with E-state index >= 15 is 0 Å². The summed E-state index contributed by atoms with van der Waals surface area (Å²) in [5, 5.41) is 8.48. The van der Waals surface area contributed by atoms with Crippen molar-refractivity contribution in [3.63, 3.8) is 0 Å². The quantitative estimate of drug-likeness (QED) is 0.605. The van der Waals surface area contributed by atoms with Gasteiger partial charge < -0.3 is 15.7 Å². The molecule has 0 aliphatic carbocycles. The van der Waals surface area contributed by atoms with Crippen LogP contribution in [-0.2, 0) is 9.59 Å². The van der Waals surface area contributed by atoms with Crippen molar-refractivity contribution in [3.05, 3.63) is 0 Å². The number of hydrogen-bond acceptors (Lipinski definition) is 3. The van der Waals surface area contributed by atoms with Crippen LogP contribution < -0.4 is 5.73 Å². The average Bonchev–Trinajstić information content (AvgIpc) is 2.15. The molecule has 0 heterocycles. The third kappa shape index (κ3) is 6.06. The number of unbranched alkanes of at least 4 members (excludes halogenated alkanes) is 2. The van der Waals surface area contributed by atoms with Gasteiger partial charge in [0.15, 0.2) is 0 Å². The number of hydrogen-bond donors (Lipinski definition) is 2. The molecule has 0 saturated carbocycles. The van der Waals surface area contributed by atoms with E-state index in [4.69, 9.17) is 10.8 Å². The first-order chi connectivity index (χ1) is 6.99. The molecule has 5 heteroatoms. The lowest BCUT2D eigenvalue weighted by molar-refractivity contribution is -0.141. The van der Waals surface area contributed by atoms with Crippen molar-refractivity contribution < 1.29 is 14.7 Å². The molecule has 3 N–H and O–H groups in total. The van der Waals surface area contributed by atoms with Gasteiger partial charge in [0.05, 0.1) is 12.5 Å². The molecule has 15 heavy (non-hydrogen) atoms. The van der Waals surface area contributed by atoms with E-state index in [1.54, 1.807) is 7.05 Å². The number of nitrogens with two attached hydrogens (primary N) is 1. The number of carbonyl (C=O) groups is 2. The van der Waals surface area contributed by atoms with Crippen LogP contribution in [0.4, 0.5) is 0 Å². The molecule has 5 nitrogen and oxygen atoms in total. The van der Waals surface area contributed by atoms with Crippen molar-refractivity contribution in [2.75, 3.05) is 13.6 Å². The van der Waals surface area contributed by atoms with Crippen molar-refractivity contribution >= 4 is 11.9 Å². The fourth-order valence-corrected chi connectivity index (χ4v) is 1.27. The minimum absolute atomic E-state index is 0.298. The first-order valence-corrected chi connectivity index (χ1v) is 5.21. The second-order valence-electron chi connectivity index (χ2n) is 3.67. The maximum atomic E-state index is 11.5. The van der Waals surface area contributed by atoms with Crippen molar-refractivity contribution in [1.29, 1.82) is 0 Å². The molecule has 1 unspecified atom stereocenters. The maximum absolute atomic E-state index is 11.5. The molecule has 0 aromatic carbocycles. The van der Waals surface area contributed by atoms with E-state index in [0.29, 0.717) is 6.54 Å². The zero-order chi connectivity index (χ0) is 11.8. The van der Waals surface area contributed by atoms with Crippen LogP contribution in [0, 0.1) is 0 Å². The molecule has 0 saturated heterocycles. The van der Waals surface area contributed by atoms with Crippen LogP contribution in [-0.4, -0.2) is 41.5 Å². The number of carbonyl (C=O) groups excluding carboxylic acids is 1. The normalized spacial score (nSPS) is 12.2. The van der Waals surface area contributed by atoms with Gasteiger partial charge in [-0.25, -0.2) is 0 Å². The lowest BCUT2D eigenvalue weighted by Crippen LogP contribution is -2.43. The molecule has 88 valence electrons. The lowest BCUT2D eigenvalue weighted by atomic mass is 10.2. The SMILES string of the molecule is CCCCCN(C)C(=O)C(N)CC(=O)O. The first-order valence-electron chi connectivity index (χ1n) is 5.21. The molecule has 0 aromatic rings. The minimum Gasteiger partial charge on any atom is -0.481 e. The fourth-order valence-electron chi connectivity index (χ4n) is 1.27. The summed E-state index contributed by atoms with van der Waals surface area (Å²) in [5.74, 6) is -1.34. The smallest absolute Gasteiger partial charge is 0.305 e. The monoisotopic (exact) mass is 216 g/mol. The summed E-state index contributed by atoms with van der Waals surface area (Å²) in [4.78, 5) is 23.4. The van der Waals surface area contributed by atoms with Gasteiger partial charge in [0, 0.05) is 13.6 Å². The van der Waals surface area contributed by atoms with Crippen LogP contribution in [0.25, 0.3) is 0 Å². The predicted molar refractivity (Wildman–Crippen MR) is 57.4 cm³/mol. The Morgan fingerprint density at radius 3 is 2.47 bits per heavy atom. The van der Waals surface area contributed by atoms with E-state index in [0.717, 1.165) is 19.3 Å². The van der Waals surface area contributed by atoms with Crippen LogP contribution in [0.2, 0.25) is 0 Å². The molecule has 1 atom stereocenters. The van der Waals surface area contributed by atoms with Gasteiger partial charge in [-0.1, -0.05) is 19.8 Å². The second-order valence-corrected chi connectivity index (χ2v) is 3.67. The summed E-state index contributed by atoms with van der Waals surface area (Å²) in [6, 6.07) is -0.922. The molecule has 0 fully saturated rings. The van der Waals surface area contributed by atoms with Crippen molar-refractivity contribution in [2.45, 2.75) is 38.6 Å². The Balaban J connectivity index is 3.90. The summed E-state index contributed by atoms with van der Waals surface area (Å²) < 4.78 is 0. The zero-order valence-corrected chi connectivity index (χ0v) is 9.40. The van der Waals surface area contributed by atoms with Crippen LogP contribution in [0.15, 0.2) is 0 Å². The number of amides is 1. The molecular formula is C10H20N2O3. The Morgan fingerprint density at radius 1 is 1.40 bits per heavy atom. The Morgan fingerprint density at radius 2 is 2.00 bits per heavy atom. The predicted octanol–water partition coefficient (Wildman–Crippen LogP) is 0.437. The van der Waals surface area contributed by atoms with Crippen LogP contribution >= 0.6 is 0 Å². The number of carboxylic acid groups (broad SMARTS) is 1. The van der Waals surface area contributed by atoms with Crippen molar-refractivity contribution in [1.82, 2.24) is 4.90 Å². The zero-order valence-electron chi connectivity index (χ0n) is 9.40. The molecule has 0 radical (unpaired) electrons. The van der Waals surface area contributed by atoms with Gasteiger partial charge in [0.25, 0.3) is 0 Å². The number of nitrogens with zero attached hydrogens (tertiary/aromatic N) is 1. The maximum Gasteiger partial charge on any atom is 0.305 e. The van der Waals surface area contributed by atoms with E-state index in [-0.39, 0.29) is 12.3 Å².